The summed E-state index contributed by atoms with van der Waals surface area (Å²) in [6.45, 7) is 2.71. The standard InChI is InChI=1S/C17H18BrClN4O7S/c1-9(24)27-8-15(19)13(28-10(2)25)16(22-23-20,12-5-4-6-21-7-12)17(18,14(31)30-15)29-11(3)26/h4-7,13-14,31H,8H2,1-3H3/t13-,14+,15+,16?,17-/m0/s1. The molecule has 0 spiro atoms. The van der Waals surface area contributed by atoms with Gasteiger partial charge in [-0.1, -0.05) is 22.8 Å². The van der Waals surface area contributed by atoms with Crippen molar-refractivity contribution in [1.82, 2.24) is 4.98 Å². The zero-order valence-electron chi connectivity index (χ0n) is 16.5. The molecule has 1 aliphatic heterocycles. The van der Waals surface area contributed by atoms with Gasteiger partial charge >= 0.3 is 17.9 Å². The second-order valence-electron chi connectivity index (χ2n) is 6.46. The van der Waals surface area contributed by atoms with E-state index in [1.54, 1.807) is 0 Å². The first kappa shape index (κ1) is 25.2. The summed E-state index contributed by atoms with van der Waals surface area (Å²) in [5.41, 5.74) is 6.13. The van der Waals surface area contributed by atoms with E-state index >= 15 is 0 Å². The Morgan fingerprint density at radius 2 is 2.03 bits per heavy atom. The first-order valence-corrected chi connectivity index (χ1v) is 10.3. The monoisotopic (exact) mass is 536 g/mol. The lowest BCUT2D eigenvalue weighted by Gasteiger charge is -2.56. The molecule has 5 atom stereocenters. The highest BCUT2D eigenvalue weighted by atomic mass is 79.9. The van der Waals surface area contributed by atoms with Gasteiger partial charge < -0.3 is 18.9 Å². The van der Waals surface area contributed by atoms with E-state index in [2.05, 4.69) is 43.6 Å². The third kappa shape index (κ3) is 4.75. The smallest absolute Gasteiger partial charge is 0.304 e. The van der Waals surface area contributed by atoms with Gasteiger partial charge in [0, 0.05) is 38.1 Å². The largest absolute Gasteiger partial charge is 0.461 e. The maximum atomic E-state index is 12.0. The Hall–Kier alpha value is -2.05. The maximum Gasteiger partial charge on any atom is 0.304 e. The number of carbonyl (C=O) groups is 3. The Morgan fingerprint density at radius 1 is 1.35 bits per heavy atom. The number of halogens is 2. The van der Waals surface area contributed by atoms with E-state index in [1.165, 1.54) is 24.5 Å². The van der Waals surface area contributed by atoms with Crippen LogP contribution in [0.25, 0.3) is 10.4 Å². The molecule has 0 aliphatic carbocycles. The van der Waals surface area contributed by atoms with Gasteiger partial charge in [0.1, 0.15) is 6.61 Å². The Kier molecular flexibility index (Phi) is 7.82. The van der Waals surface area contributed by atoms with Crippen LogP contribution in [-0.2, 0) is 38.9 Å². The zero-order chi connectivity index (χ0) is 23.4. The number of rotatable bonds is 6. The minimum absolute atomic E-state index is 0.146. The van der Waals surface area contributed by atoms with Crippen LogP contribution in [0.15, 0.2) is 29.6 Å². The molecule has 11 nitrogen and oxygen atoms in total. The van der Waals surface area contributed by atoms with Crippen molar-refractivity contribution in [3.63, 3.8) is 0 Å². The molecule has 0 aromatic carbocycles. The summed E-state index contributed by atoms with van der Waals surface area (Å²) in [6, 6.07) is 3.01. The van der Waals surface area contributed by atoms with Crippen LogP contribution in [0.2, 0.25) is 0 Å². The molecule has 31 heavy (non-hydrogen) atoms. The van der Waals surface area contributed by atoms with E-state index in [1.807, 2.05) is 0 Å². The second kappa shape index (κ2) is 9.61. The number of esters is 3. The molecule has 0 radical (unpaired) electrons. The number of thiol groups is 1. The molecular weight excluding hydrogens is 520 g/mol. The zero-order valence-corrected chi connectivity index (χ0v) is 19.8. The van der Waals surface area contributed by atoms with Crippen LogP contribution < -0.4 is 0 Å². The Labute approximate surface area is 195 Å². The number of nitrogens with zero attached hydrogens (tertiary/aromatic N) is 4. The van der Waals surface area contributed by atoms with E-state index in [0.717, 1.165) is 20.8 Å². The molecule has 0 amide bonds. The lowest BCUT2D eigenvalue weighted by atomic mass is 9.76. The molecule has 14 heteroatoms. The van der Waals surface area contributed by atoms with Crippen molar-refractivity contribution in [1.29, 1.82) is 0 Å². The predicted molar refractivity (Wildman–Crippen MR) is 113 cm³/mol. The molecular formula is C17H18BrClN4O7S. The van der Waals surface area contributed by atoms with Crippen LogP contribution >= 0.6 is 40.2 Å². The Bertz CT molecular complexity index is 921. The summed E-state index contributed by atoms with van der Waals surface area (Å²) in [5, 5.41) is 1.79. The van der Waals surface area contributed by atoms with Crippen molar-refractivity contribution < 1.29 is 33.3 Å². The van der Waals surface area contributed by atoms with Gasteiger partial charge in [-0.15, -0.1) is 12.6 Å². The molecule has 1 unspecified atom stereocenters. The average Bonchev–Trinajstić information content (AvgIpc) is 2.68. The van der Waals surface area contributed by atoms with Crippen LogP contribution in [0.4, 0.5) is 0 Å². The fraction of sp³-hybridized carbons (Fsp3) is 0.529. The maximum absolute atomic E-state index is 12.0. The quantitative estimate of drug-likeness (QED) is 0.111. The van der Waals surface area contributed by atoms with Crippen molar-refractivity contribution in [3.8, 4) is 0 Å². The summed E-state index contributed by atoms with van der Waals surface area (Å²) in [5.74, 6) is -2.34. The van der Waals surface area contributed by atoms with Gasteiger partial charge in [0.05, 0.1) is 0 Å². The Morgan fingerprint density at radius 3 is 2.52 bits per heavy atom. The predicted octanol–water partition coefficient (Wildman–Crippen LogP) is 2.96. The van der Waals surface area contributed by atoms with E-state index < -0.39 is 51.2 Å². The Balaban J connectivity index is 2.91. The van der Waals surface area contributed by atoms with Gasteiger partial charge in [0.15, 0.2) is 17.1 Å². The molecule has 1 aromatic heterocycles. The van der Waals surface area contributed by atoms with Crippen molar-refractivity contribution in [3.05, 3.63) is 40.5 Å². The van der Waals surface area contributed by atoms with Gasteiger partial charge in [-0.25, -0.2) is 0 Å². The van der Waals surface area contributed by atoms with Crippen LogP contribution in [0.3, 0.4) is 0 Å². The number of hydrogen-bond donors (Lipinski definition) is 1. The van der Waals surface area contributed by atoms with Crippen molar-refractivity contribution in [2.45, 2.75) is 47.4 Å². The third-order valence-electron chi connectivity index (χ3n) is 4.27. The number of alkyl halides is 2. The molecule has 0 saturated carbocycles. The summed E-state index contributed by atoms with van der Waals surface area (Å²) >= 11 is 14.3. The summed E-state index contributed by atoms with van der Waals surface area (Å²) in [6.07, 6.45) is 1.07. The molecule has 1 aromatic rings. The topological polar surface area (TPSA) is 150 Å². The highest BCUT2D eigenvalue weighted by Crippen LogP contribution is 2.59. The van der Waals surface area contributed by atoms with Crippen LogP contribution in [0.5, 0.6) is 0 Å². The summed E-state index contributed by atoms with van der Waals surface area (Å²) in [4.78, 5) is 42.4. The number of pyridine rings is 1. The van der Waals surface area contributed by atoms with Gasteiger partial charge in [-0.2, -0.15) is 0 Å². The number of ether oxygens (including phenoxy) is 4. The van der Waals surface area contributed by atoms with E-state index in [4.69, 9.17) is 30.5 Å². The van der Waals surface area contributed by atoms with E-state index in [-0.39, 0.29) is 5.56 Å². The van der Waals surface area contributed by atoms with Crippen molar-refractivity contribution in [2.75, 3.05) is 6.61 Å². The lowest BCUT2D eigenvalue weighted by Crippen LogP contribution is -2.73. The molecule has 0 N–H and O–H groups in total. The molecule has 2 heterocycles. The first-order valence-electron chi connectivity index (χ1n) is 8.63. The minimum atomic E-state index is -2.10. The highest BCUT2D eigenvalue weighted by molar-refractivity contribution is 9.10. The van der Waals surface area contributed by atoms with Gasteiger partial charge in [0.2, 0.25) is 9.57 Å². The number of hydrogen-bond acceptors (Lipinski definition) is 10. The fourth-order valence-electron chi connectivity index (χ4n) is 3.17. The van der Waals surface area contributed by atoms with Crippen molar-refractivity contribution in [2.24, 2.45) is 5.11 Å². The molecule has 1 fully saturated rings. The summed E-state index contributed by atoms with van der Waals surface area (Å²) < 4.78 is 19.6. The molecule has 1 saturated heterocycles. The number of aromatic nitrogens is 1. The van der Waals surface area contributed by atoms with Crippen LogP contribution in [0.1, 0.15) is 26.3 Å². The normalized spacial score (nSPS) is 32.3. The average molecular weight is 538 g/mol. The lowest BCUT2D eigenvalue weighted by molar-refractivity contribution is -0.243. The first-order chi connectivity index (χ1) is 14.4. The number of azide groups is 1. The van der Waals surface area contributed by atoms with Gasteiger partial charge in [0.25, 0.3) is 0 Å². The molecule has 1 aliphatic rings. The van der Waals surface area contributed by atoms with Crippen LogP contribution in [-0.4, -0.2) is 50.6 Å². The highest BCUT2D eigenvalue weighted by Gasteiger charge is 2.73. The number of carbonyl (C=O) groups excluding carboxylic acids is 3. The molecule has 0 bridgehead atoms. The molecule has 2 rings (SSSR count). The fourth-order valence-corrected chi connectivity index (χ4v) is 4.86. The van der Waals surface area contributed by atoms with Gasteiger partial charge in [-0.05, 0) is 33.1 Å². The van der Waals surface area contributed by atoms with E-state index in [9.17, 15) is 19.9 Å². The van der Waals surface area contributed by atoms with Crippen molar-refractivity contribution >= 4 is 58.1 Å². The second-order valence-corrected chi connectivity index (χ2v) is 8.75. The SMILES string of the molecule is CC(=O)OC[C@@]1(Cl)O[C@H](S)[C@](Br)(OC(C)=O)C(N=[N+]=[N-])(c2cccnc2)[C@H]1OC(C)=O. The minimum Gasteiger partial charge on any atom is -0.461 e. The van der Waals surface area contributed by atoms with Crippen LogP contribution in [0, 0.1) is 0 Å². The third-order valence-corrected chi connectivity index (χ3v) is 6.67. The van der Waals surface area contributed by atoms with Gasteiger partial charge in [-0.3, -0.25) is 19.4 Å². The summed E-state index contributed by atoms with van der Waals surface area (Å²) in [7, 11) is 0. The van der Waals surface area contributed by atoms with E-state index in [0.29, 0.717) is 0 Å². The molecule has 168 valence electrons.